The first kappa shape index (κ1) is 12.7. The van der Waals surface area contributed by atoms with Gasteiger partial charge in [-0.3, -0.25) is 10.1 Å². The molecule has 0 fully saturated rings. The van der Waals surface area contributed by atoms with Crippen molar-refractivity contribution in [3.05, 3.63) is 56.6 Å². The number of hydrogen-bond donors (Lipinski definition) is 1. The van der Waals surface area contributed by atoms with Crippen LogP contribution in [0.1, 0.15) is 0 Å². The van der Waals surface area contributed by atoms with Crippen molar-refractivity contribution < 1.29 is 10.0 Å². The predicted molar refractivity (Wildman–Crippen MR) is 70.2 cm³/mol. The van der Waals surface area contributed by atoms with E-state index in [1.807, 2.05) is 0 Å². The average Bonchev–Trinajstić information content (AvgIpc) is 2.35. The molecule has 0 aliphatic heterocycles. The lowest BCUT2D eigenvalue weighted by molar-refractivity contribution is -0.384. The summed E-state index contributed by atoms with van der Waals surface area (Å²) < 4.78 is 0. The van der Waals surface area contributed by atoms with Gasteiger partial charge in [0, 0.05) is 17.7 Å². The quantitative estimate of drug-likeness (QED) is 0.661. The Balaban J connectivity index is 2.65. The van der Waals surface area contributed by atoms with E-state index in [1.54, 1.807) is 6.07 Å². The number of phenolic OH excluding ortho intramolecular Hbond substituents is 1. The highest BCUT2D eigenvalue weighted by Gasteiger charge is 2.15. The molecule has 1 N–H and O–H groups in total. The Kier molecular flexibility index (Phi) is 3.41. The molecule has 0 amide bonds. The molecule has 0 unspecified atom stereocenters. The summed E-state index contributed by atoms with van der Waals surface area (Å²) in [5.74, 6) is -0.123. The Morgan fingerprint density at radius 2 is 1.89 bits per heavy atom. The number of nitrogens with zero attached hydrogens (tertiary/aromatic N) is 1. The number of benzene rings is 2. The number of phenols is 1. The number of aromatic hydroxyl groups is 1. The standard InChI is InChI=1S/C12H7Cl2NO3/c13-9-4-5-10(16)12(14)11(9)7-2-1-3-8(6-7)15(17)18/h1-6,16H. The molecule has 0 aliphatic rings. The van der Waals surface area contributed by atoms with Crippen molar-refractivity contribution in [2.45, 2.75) is 0 Å². The van der Waals surface area contributed by atoms with Crippen LogP contribution in [0, 0.1) is 10.1 Å². The summed E-state index contributed by atoms with van der Waals surface area (Å²) in [6.07, 6.45) is 0. The van der Waals surface area contributed by atoms with Gasteiger partial charge in [0.15, 0.2) is 0 Å². The fourth-order valence-corrected chi connectivity index (χ4v) is 2.17. The third-order valence-corrected chi connectivity index (χ3v) is 3.11. The lowest BCUT2D eigenvalue weighted by Crippen LogP contribution is -1.89. The minimum absolute atomic E-state index is 0.0667. The van der Waals surface area contributed by atoms with Gasteiger partial charge in [0.2, 0.25) is 0 Å². The SMILES string of the molecule is O=[N+]([O-])c1cccc(-c2c(Cl)ccc(O)c2Cl)c1. The summed E-state index contributed by atoms with van der Waals surface area (Å²) in [5.41, 5.74) is 0.792. The molecular weight excluding hydrogens is 277 g/mol. The van der Waals surface area contributed by atoms with Crippen LogP contribution >= 0.6 is 23.2 Å². The van der Waals surface area contributed by atoms with Crippen molar-refractivity contribution in [3.63, 3.8) is 0 Å². The summed E-state index contributed by atoms with van der Waals surface area (Å²) >= 11 is 12.0. The van der Waals surface area contributed by atoms with Crippen LogP contribution in [0.25, 0.3) is 11.1 Å². The molecule has 0 radical (unpaired) electrons. The van der Waals surface area contributed by atoms with E-state index in [2.05, 4.69) is 0 Å². The number of nitro benzene ring substituents is 1. The van der Waals surface area contributed by atoms with Crippen LogP contribution in [-0.4, -0.2) is 10.0 Å². The predicted octanol–water partition coefficient (Wildman–Crippen LogP) is 4.27. The maximum atomic E-state index is 10.7. The van der Waals surface area contributed by atoms with Gasteiger partial charge in [-0.25, -0.2) is 0 Å². The zero-order valence-electron chi connectivity index (χ0n) is 8.93. The lowest BCUT2D eigenvalue weighted by atomic mass is 10.0. The molecule has 0 heterocycles. The van der Waals surface area contributed by atoms with Crippen molar-refractivity contribution in [3.8, 4) is 16.9 Å². The Bertz CT molecular complexity index is 629. The second-order valence-electron chi connectivity index (χ2n) is 3.56. The molecule has 6 heteroatoms. The third-order valence-electron chi connectivity index (χ3n) is 2.42. The largest absolute Gasteiger partial charge is 0.506 e. The van der Waals surface area contributed by atoms with Crippen molar-refractivity contribution in [1.29, 1.82) is 0 Å². The monoisotopic (exact) mass is 283 g/mol. The van der Waals surface area contributed by atoms with Crippen LogP contribution < -0.4 is 0 Å². The van der Waals surface area contributed by atoms with Crippen molar-refractivity contribution in [2.24, 2.45) is 0 Å². The molecule has 0 spiro atoms. The van der Waals surface area contributed by atoms with Crippen LogP contribution in [0.3, 0.4) is 0 Å². The Morgan fingerprint density at radius 1 is 1.17 bits per heavy atom. The van der Waals surface area contributed by atoms with E-state index in [-0.39, 0.29) is 16.5 Å². The minimum Gasteiger partial charge on any atom is -0.506 e. The topological polar surface area (TPSA) is 63.4 Å². The van der Waals surface area contributed by atoms with Gasteiger partial charge >= 0.3 is 0 Å². The summed E-state index contributed by atoms with van der Waals surface area (Å²) in [7, 11) is 0. The first-order valence-electron chi connectivity index (χ1n) is 4.92. The van der Waals surface area contributed by atoms with Gasteiger partial charge in [0.05, 0.1) is 15.0 Å². The second kappa shape index (κ2) is 4.84. The van der Waals surface area contributed by atoms with Gasteiger partial charge in [-0.15, -0.1) is 0 Å². The zero-order valence-corrected chi connectivity index (χ0v) is 10.4. The van der Waals surface area contributed by atoms with E-state index in [0.717, 1.165) is 0 Å². The summed E-state index contributed by atoms with van der Waals surface area (Å²) in [6.45, 7) is 0. The van der Waals surface area contributed by atoms with E-state index < -0.39 is 4.92 Å². The van der Waals surface area contributed by atoms with Gasteiger partial charge in [0.25, 0.3) is 5.69 Å². The lowest BCUT2D eigenvalue weighted by Gasteiger charge is -2.08. The Hall–Kier alpha value is -1.78. The van der Waals surface area contributed by atoms with Crippen LogP contribution in [0.15, 0.2) is 36.4 Å². The van der Waals surface area contributed by atoms with Gasteiger partial charge in [-0.2, -0.15) is 0 Å². The van der Waals surface area contributed by atoms with Gasteiger partial charge in [-0.1, -0.05) is 35.3 Å². The highest BCUT2D eigenvalue weighted by molar-refractivity contribution is 6.40. The molecule has 0 saturated heterocycles. The molecular formula is C12H7Cl2NO3. The highest BCUT2D eigenvalue weighted by atomic mass is 35.5. The molecule has 4 nitrogen and oxygen atoms in total. The first-order valence-corrected chi connectivity index (χ1v) is 5.68. The van der Waals surface area contributed by atoms with E-state index in [1.165, 1.54) is 30.3 Å². The van der Waals surface area contributed by atoms with Crippen LogP contribution in [0.5, 0.6) is 5.75 Å². The number of hydrogen-bond acceptors (Lipinski definition) is 3. The fraction of sp³-hybridized carbons (Fsp3) is 0. The van der Waals surface area contributed by atoms with Crippen LogP contribution in [0.2, 0.25) is 10.0 Å². The molecule has 0 bridgehead atoms. The Labute approximate surface area is 113 Å². The molecule has 0 atom stereocenters. The molecule has 92 valence electrons. The summed E-state index contributed by atoms with van der Waals surface area (Å²) in [6, 6.07) is 8.74. The number of nitro groups is 1. The van der Waals surface area contributed by atoms with Gasteiger partial charge in [-0.05, 0) is 17.7 Å². The number of halogens is 2. The molecule has 2 aromatic carbocycles. The van der Waals surface area contributed by atoms with E-state index in [4.69, 9.17) is 23.2 Å². The zero-order chi connectivity index (χ0) is 13.3. The van der Waals surface area contributed by atoms with Crippen molar-refractivity contribution in [1.82, 2.24) is 0 Å². The minimum atomic E-state index is -0.506. The first-order chi connectivity index (χ1) is 8.50. The molecule has 18 heavy (non-hydrogen) atoms. The second-order valence-corrected chi connectivity index (χ2v) is 4.35. The van der Waals surface area contributed by atoms with E-state index in [0.29, 0.717) is 16.1 Å². The van der Waals surface area contributed by atoms with Crippen molar-refractivity contribution >= 4 is 28.9 Å². The molecule has 0 saturated carbocycles. The molecule has 2 aromatic rings. The van der Waals surface area contributed by atoms with Crippen LogP contribution in [-0.2, 0) is 0 Å². The number of non-ortho nitro benzene ring substituents is 1. The molecule has 2 rings (SSSR count). The third kappa shape index (κ3) is 2.25. The normalized spacial score (nSPS) is 10.3. The molecule has 0 aliphatic carbocycles. The summed E-state index contributed by atoms with van der Waals surface area (Å²) in [5, 5.41) is 20.6. The van der Waals surface area contributed by atoms with Crippen molar-refractivity contribution in [2.75, 3.05) is 0 Å². The Morgan fingerprint density at radius 3 is 2.56 bits per heavy atom. The average molecular weight is 284 g/mol. The number of rotatable bonds is 2. The van der Waals surface area contributed by atoms with E-state index >= 15 is 0 Å². The van der Waals surface area contributed by atoms with Gasteiger partial charge < -0.3 is 5.11 Å². The maximum Gasteiger partial charge on any atom is 0.270 e. The van der Waals surface area contributed by atoms with Gasteiger partial charge in [0.1, 0.15) is 5.75 Å². The van der Waals surface area contributed by atoms with Crippen LogP contribution in [0.4, 0.5) is 5.69 Å². The summed E-state index contributed by atoms with van der Waals surface area (Å²) in [4.78, 5) is 10.2. The maximum absolute atomic E-state index is 10.7. The van der Waals surface area contributed by atoms with E-state index in [9.17, 15) is 15.2 Å². The molecule has 0 aromatic heterocycles. The fourth-order valence-electron chi connectivity index (χ4n) is 1.58. The smallest absolute Gasteiger partial charge is 0.270 e. The highest BCUT2D eigenvalue weighted by Crippen LogP contribution is 2.40.